The maximum Gasteiger partial charge on any atom is 0.338 e. The van der Waals surface area contributed by atoms with Crippen molar-refractivity contribution in [2.45, 2.75) is 61.3 Å². The lowest BCUT2D eigenvalue weighted by molar-refractivity contribution is -0.339. The van der Waals surface area contributed by atoms with Gasteiger partial charge in [-0.25, -0.2) is 33.6 Å². The standard InChI is InChI=1S/C63H53NO18S/c1-72-63(83)64-54-52(80-60(70)44-33-19-7-20-34-44)50(78-58(68)42-29-15-5-16-30-42)49(46(75-54)37-73-55(65)39-23-9-2-10-24-39)82-62-53(81-61(71)45-35-21-8-22-36-45)51(79-59(69)43-31-17-6-18-32-43)48(77-57(67)41-27-13-4-14-28-41)47(76-62)38-74-56(66)40-25-11-3-12-26-40/h2-36,46-54,62H,37-38H2,1H3,(H,64,83)/t46-,47-,48-,49-,50+,51+,52-,53-,54-,62-/m1/s1. The van der Waals surface area contributed by atoms with E-state index in [1.165, 1.54) is 92.0 Å². The zero-order chi connectivity index (χ0) is 58.1. The van der Waals surface area contributed by atoms with Gasteiger partial charge in [-0.2, -0.15) is 0 Å². The van der Waals surface area contributed by atoms with E-state index in [1.54, 1.807) is 127 Å². The van der Waals surface area contributed by atoms with Crippen molar-refractivity contribution in [3.05, 3.63) is 251 Å². The van der Waals surface area contributed by atoms with E-state index in [0.717, 1.165) is 0 Å². The monoisotopic (exact) mass is 1140 g/mol. The van der Waals surface area contributed by atoms with Gasteiger partial charge in [0, 0.05) is 0 Å². The predicted octanol–water partition coefficient (Wildman–Crippen LogP) is 8.18. The molecule has 2 heterocycles. The molecule has 0 aromatic heterocycles. The first-order valence-electron chi connectivity index (χ1n) is 26.0. The summed E-state index contributed by atoms with van der Waals surface area (Å²) in [4.78, 5) is 99.9. The van der Waals surface area contributed by atoms with Gasteiger partial charge >= 0.3 is 41.8 Å². The highest BCUT2D eigenvalue weighted by Crippen LogP contribution is 2.37. The van der Waals surface area contributed by atoms with E-state index < -0.39 is 116 Å². The topological polar surface area (TPSA) is 233 Å². The Hall–Kier alpha value is -9.60. The van der Waals surface area contributed by atoms with Crippen LogP contribution in [0.2, 0.25) is 0 Å². The third kappa shape index (κ3) is 15.1. The van der Waals surface area contributed by atoms with Gasteiger partial charge in [-0.05, 0) is 97.1 Å². The number of carbonyl (C=O) groups is 7. The van der Waals surface area contributed by atoms with Crippen molar-refractivity contribution in [3.8, 4) is 0 Å². The van der Waals surface area contributed by atoms with E-state index in [0.29, 0.717) is 0 Å². The Morgan fingerprint density at radius 1 is 0.361 bits per heavy atom. The Morgan fingerprint density at radius 3 is 0.976 bits per heavy atom. The average Bonchev–Trinajstić information content (AvgIpc) is 2.65. The predicted molar refractivity (Wildman–Crippen MR) is 297 cm³/mol. The van der Waals surface area contributed by atoms with Crippen LogP contribution in [0.3, 0.4) is 0 Å². The Balaban J connectivity index is 1.21. The summed E-state index contributed by atoms with van der Waals surface area (Å²) in [7, 11) is 1.26. The Labute approximate surface area is 481 Å². The molecule has 0 aliphatic carbocycles. The van der Waals surface area contributed by atoms with Gasteiger partial charge in [-0.3, -0.25) is 0 Å². The molecule has 20 heteroatoms. The molecular weight excluding hydrogens is 1090 g/mol. The van der Waals surface area contributed by atoms with Gasteiger partial charge in [0.15, 0.2) is 43.0 Å². The van der Waals surface area contributed by atoms with Crippen LogP contribution in [0.25, 0.3) is 0 Å². The molecule has 19 nitrogen and oxygen atoms in total. The first-order chi connectivity index (χ1) is 40.4. The van der Waals surface area contributed by atoms with Gasteiger partial charge in [0.05, 0.1) is 46.1 Å². The van der Waals surface area contributed by atoms with Crippen LogP contribution >= 0.6 is 12.2 Å². The van der Waals surface area contributed by atoms with Crippen LogP contribution in [-0.4, -0.2) is 129 Å². The summed E-state index contributed by atoms with van der Waals surface area (Å²) < 4.78 is 69.0. The number of benzene rings is 7. The summed E-state index contributed by atoms with van der Waals surface area (Å²) >= 11 is 5.45. The summed E-state index contributed by atoms with van der Waals surface area (Å²) in [6, 6.07) is 54.6. The van der Waals surface area contributed by atoms with E-state index in [9.17, 15) is 33.6 Å². The van der Waals surface area contributed by atoms with Crippen LogP contribution in [0.5, 0.6) is 0 Å². The van der Waals surface area contributed by atoms with Gasteiger partial charge in [0.25, 0.3) is 5.17 Å². The Kier molecular flexibility index (Phi) is 19.7. The molecule has 7 aromatic rings. The summed E-state index contributed by atoms with van der Waals surface area (Å²) in [5.41, 5.74) is 0.379. The highest BCUT2D eigenvalue weighted by molar-refractivity contribution is 7.80. The fourth-order valence-corrected chi connectivity index (χ4v) is 9.02. The molecule has 2 aliphatic heterocycles. The highest BCUT2D eigenvalue weighted by atomic mass is 32.1. The molecule has 0 saturated carbocycles. The maximum absolute atomic E-state index is 14.6. The van der Waals surface area contributed by atoms with Crippen molar-refractivity contribution in [2.75, 3.05) is 20.3 Å². The fraction of sp³-hybridized carbons (Fsp3) is 0.206. The molecule has 0 bridgehead atoms. The molecule has 9 rings (SSSR count). The number of hydrogen-bond acceptors (Lipinski definition) is 19. The Morgan fingerprint density at radius 2 is 0.639 bits per heavy atom. The molecule has 0 radical (unpaired) electrons. The normalized spacial score (nSPS) is 21.7. The molecule has 7 aromatic carbocycles. The molecule has 2 saturated heterocycles. The average molecular weight is 1140 g/mol. The molecule has 10 atom stereocenters. The second kappa shape index (κ2) is 28.2. The SMILES string of the molecule is COC(=S)N[C@@H]1O[C@H](COC(=O)c2ccccc2)[C@@H](O[C@H]2O[C@H](COC(=O)c3ccccc3)[C@@H](OC(=O)c3ccccc3)[C@H](OC(=O)c3ccccc3)[C@H]2OC(=O)c2ccccc2)[C@H](OC(=O)c2ccccc2)[C@H]1OC(=O)c1ccccc1. The molecule has 2 aliphatic rings. The molecule has 0 spiro atoms. The van der Waals surface area contributed by atoms with Crippen molar-refractivity contribution < 1.29 is 85.7 Å². The molecule has 424 valence electrons. The first-order valence-corrected chi connectivity index (χ1v) is 26.4. The molecular formula is C63H53NO18S. The first kappa shape index (κ1) is 58.1. The van der Waals surface area contributed by atoms with Crippen LogP contribution in [-0.2, 0) is 52.1 Å². The zero-order valence-electron chi connectivity index (χ0n) is 44.2. The molecule has 0 amide bonds. The summed E-state index contributed by atoms with van der Waals surface area (Å²) in [6.45, 7) is -1.46. The highest BCUT2D eigenvalue weighted by Gasteiger charge is 2.58. The van der Waals surface area contributed by atoms with Crippen LogP contribution in [0.15, 0.2) is 212 Å². The van der Waals surface area contributed by atoms with Crippen LogP contribution in [0.4, 0.5) is 0 Å². The van der Waals surface area contributed by atoms with E-state index in [2.05, 4.69) is 5.32 Å². The molecule has 1 N–H and O–H groups in total. The fourth-order valence-electron chi connectivity index (χ4n) is 8.91. The molecule has 2 fully saturated rings. The minimum atomic E-state index is -2.07. The van der Waals surface area contributed by atoms with E-state index in [4.69, 9.17) is 64.3 Å². The second-order valence-corrected chi connectivity index (χ2v) is 18.9. The summed E-state index contributed by atoms with van der Waals surface area (Å²) in [5, 5.41) is 2.56. The third-order valence-electron chi connectivity index (χ3n) is 13.0. The summed E-state index contributed by atoms with van der Waals surface area (Å²) in [5.74, 6) is -6.60. The zero-order valence-corrected chi connectivity index (χ0v) is 45.0. The Bertz CT molecular complexity index is 3330. The van der Waals surface area contributed by atoms with Gasteiger partial charge in [0.1, 0.15) is 31.5 Å². The number of esters is 7. The van der Waals surface area contributed by atoms with Crippen molar-refractivity contribution >= 4 is 59.2 Å². The smallest absolute Gasteiger partial charge is 0.338 e. The number of hydrogen-bond donors (Lipinski definition) is 1. The molecule has 0 unspecified atom stereocenters. The van der Waals surface area contributed by atoms with Crippen molar-refractivity contribution in [2.24, 2.45) is 0 Å². The van der Waals surface area contributed by atoms with Crippen molar-refractivity contribution in [3.63, 3.8) is 0 Å². The number of nitrogens with one attached hydrogen (secondary N) is 1. The van der Waals surface area contributed by atoms with Gasteiger partial charge in [0.2, 0.25) is 0 Å². The van der Waals surface area contributed by atoms with E-state index in [-0.39, 0.29) is 44.1 Å². The second-order valence-electron chi connectivity index (χ2n) is 18.5. The minimum Gasteiger partial charge on any atom is -0.474 e. The van der Waals surface area contributed by atoms with Crippen LogP contribution in [0, 0.1) is 0 Å². The number of ether oxygens (including phenoxy) is 11. The quantitative estimate of drug-likeness (QED) is 0.0457. The lowest BCUT2D eigenvalue weighted by atomic mass is 9.95. The number of carbonyl (C=O) groups excluding carboxylic acids is 7. The maximum atomic E-state index is 14.6. The summed E-state index contributed by atoms with van der Waals surface area (Å²) in [6.07, 6.45) is -18.1. The molecule has 83 heavy (non-hydrogen) atoms. The lowest BCUT2D eigenvalue weighted by Crippen LogP contribution is -2.69. The number of methoxy groups -OCH3 is 1. The van der Waals surface area contributed by atoms with Gasteiger partial charge < -0.3 is 57.4 Å². The lowest BCUT2D eigenvalue weighted by Gasteiger charge is -2.49. The van der Waals surface area contributed by atoms with Gasteiger partial charge in [-0.1, -0.05) is 127 Å². The number of rotatable bonds is 19. The minimum absolute atomic E-state index is 0.00610. The van der Waals surface area contributed by atoms with Crippen LogP contribution < -0.4 is 5.32 Å². The van der Waals surface area contributed by atoms with E-state index >= 15 is 0 Å². The van der Waals surface area contributed by atoms with Crippen molar-refractivity contribution in [1.29, 1.82) is 0 Å². The van der Waals surface area contributed by atoms with E-state index in [1.807, 2.05) is 0 Å². The third-order valence-corrected chi connectivity index (χ3v) is 13.3. The van der Waals surface area contributed by atoms with Gasteiger partial charge in [-0.15, -0.1) is 0 Å². The van der Waals surface area contributed by atoms with Crippen LogP contribution in [0.1, 0.15) is 72.5 Å². The van der Waals surface area contributed by atoms with Crippen molar-refractivity contribution in [1.82, 2.24) is 5.32 Å². The largest absolute Gasteiger partial charge is 0.474 e. The number of thiocarbonyl (C=S) groups is 1.